The molecule has 0 amide bonds. The van der Waals surface area contributed by atoms with Crippen LogP contribution in [0.5, 0.6) is 0 Å². The molecule has 0 aromatic heterocycles. The Morgan fingerprint density at radius 2 is 2.00 bits per heavy atom. The smallest absolute Gasteiger partial charge is 0.317 e. The van der Waals surface area contributed by atoms with Gasteiger partial charge in [-0.25, -0.2) is 0 Å². The highest BCUT2D eigenvalue weighted by molar-refractivity contribution is 5.69. The fourth-order valence-electron chi connectivity index (χ4n) is 1.61. The number of hydrogen-bond donors (Lipinski definition) is 1. The summed E-state index contributed by atoms with van der Waals surface area (Å²) in [5.41, 5.74) is 1.22. The summed E-state index contributed by atoms with van der Waals surface area (Å²) in [7, 11) is 1.62. The molecule has 0 unspecified atom stereocenters. The molecule has 0 atom stereocenters. The topological polar surface area (TPSA) is 49.8 Å². The maximum Gasteiger partial charge on any atom is 0.317 e. The highest BCUT2D eigenvalue weighted by Crippen LogP contribution is 2.01. The predicted octanol–water partition coefficient (Wildman–Crippen LogP) is 1.26. The molecule has 1 aromatic carbocycles. The maximum atomic E-state index is 10.7. The van der Waals surface area contributed by atoms with E-state index in [9.17, 15) is 4.79 Å². The van der Waals surface area contributed by atoms with Crippen LogP contribution in [0.4, 0.5) is 0 Å². The number of hydrogen-bond acceptors (Lipinski definition) is 3. The third-order valence-electron chi connectivity index (χ3n) is 2.53. The lowest BCUT2D eigenvalue weighted by Gasteiger charge is -2.19. The number of nitrogens with zero attached hydrogens (tertiary/aromatic N) is 1. The molecular weight excluding hydrogens is 218 g/mol. The average molecular weight is 237 g/mol. The Labute approximate surface area is 102 Å². The SMILES string of the molecule is COCCN(CCc1ccccc1)CC(=O)O. The first-order valence-corrected chi connectivity index (χ1v) is 5.69. The van der Waals surface area contributed by atoms with Crippen molar-refractivity contribution in [3.8, 4) is 0 Å². The first-order valence-electron chi connectivity index (χ1n) is 5.69. The van der Waals surface area contributed by atoms with Crippen molar-refractivity contribution < 1.29 is 14.6 Å². The third kappa shape index (κ3) is 6.04. The van der Waals surface area contributed by atoms with Gasteiger partial charge in [-0.05, 0) is 12.0 Å². The molecule has 0 spiro atoms. The van der Waals surface area contributed by atoms with Crippen LogP contribution in [0.25, 0.3) is 0 Å². The van der Waals surface area contributed by atoms with Crippen molar-refractivity contribution in [2.75, 3.05) is 33.4 Å². The number of aliphatic carboxylic acids is 1. The first-order chi connectivity index (χ1) is 8.22. The van der Waals surface area contributed by atoms with Crippen molar-refractivity contribution >= 4 is 5.97 Å². The van der Waals surface area contributed by atoms with Gasteiger partial charge in [-0.3, -0.25) is 9.69 Å². The van der Waals surface area contributed by atoms with Gasteiger partial charge in [-0.15, -0.1) is 0 Å². The van der Waals surface area contributed by atoms with Gasteiger partial charge >= 0.3 is 5.97 Å². The van der Waals surface area contributed by atoms with Gasteiger partial charge in [-0.2, -0.15) is 0 Å². The van der Waals surface area contributed by atoms with Crippen molar-refractivity contribution in [2.24, 2.45) is 0 Å². The molecular formula is C13H19NO3. The minimum Gasteiger partial charge on any atom is -0.480 e. The molecule has 0 aliphatic heterocycles. The van der Waals surface area contributed by atoms with Crippen LogP contribution < -0.4 is 0 Å². The number of benzene rings is 1. The lowest BCUT2D eigenvalue weighted by molar-refractivity contribution is -0.138. The van der Waals surface area contributed by atoms with Crippen LogP contribution in [0, 0.1) is 0 Å². The fourth-order valence-corrected chi connectivity index (χ4v) is 1.61. The molecule has 0 aliphatic carbocycles. The summed E-state index contributed by atoms with van der Waals surface area (Å²) >= 11 is 0. The molecule has 4 nitrogen and oxygen atoms in total. The van der Waals surface area contributed by atoms with Crippen LogP contribution in [0.1, 0.15) is 5.56 Å². The number of rotatable bonds is 8. The standard InChI is InChI=1S/C13H19NO3/c1-17-10-9-14(11-13(15)16)8-7-12-5-3-2-4-6-12/h2-6H,7-11H2,1H3,(H,15,16). The molecule has 17 heavy (non-hydrogen) atoms. The van der Waals surface area contributed by atoms with E-state index in [1.54, 1.807) is 7.11 Å². The molecule has 0 aliphatic rings. The minimum absolute atomic E-state index is 0.0657. The van der Waals surface area contributed by atoms with Gasteiger partial charge in [0.15, 0.2) is 0 Å². The van der Waals surface area contributed by atoms with Crippen LogP contribution in [-0.4, -0.2) is 49.3 Å². The van der Waals surface area contributed by atoms with Crippen LogP contribution in [0.2, 0.25) is 0 Å². The van der Waals surface area contributed by atoms with Crippen molar-refractivity contribution in [2.45, 2.75) is 6.42 Å². The molecule has 1 aromatic rings. The summed E-state index contributed by atoms with van der Waals surface area (Å²) in [4.78, 5) is 12.6. The minimum atomic E-state index is -0.797. The quantitative estimate of drug-likeness (QED) is 0.739. The van der Waals surface area contributed by atoms with E-state index in [-0.39, 0.29) is 6.54 Å². The Kier molecular flexibility index (Phi) is 6.29. The Morgan fingerprint density at radius 1 is 1.29 bits per heavy atom. The van der Waals surface area contributed by atoms with Gasteiger partial charge in [0.2, 0.25) is 0 Å². The molecule has 94 valence electrons. The number of ether oxygens (including phenoxy) is 1. The Bertz CT molecular complexity index is 327. The van der Waals surface area contributed by atoms with Crippen molar-refractivity contribution in [1.82, 2.24) is 4.90 Å². The number of carbonyl (C=O) groups is 1. The summed E-state index contributed by atoms with van der Waals surface area (Å²) in [6.45, 7) is 2.01. The van der Waals surface area contributed by atoms with E-state index < -0.39 is 5.97 Å². The number of methoxy groups -OCH3 is 1. The maximum absolute atomic E-state index is 10.7. The Morgan fingerprint density at radius 3 is 2.59 bits per heavy atom. The molecule has 0 saturated heterocycles. The second-order valence-electron chi connectivity index (χ2n) is 3.90. The van der Waals surface area contributed by atoms with E-state index in [0.717, 1.165) is 13.0 Å². The zero-order chi connectivity index (χ0) is 12.5. The molecule has 1 N–H and O–H groups in total. The third-order valence-corrected chi connectivity index (χ3v) is 2.53. The van der Waals surface area contributed by atoms with E-state index in [0.29, 0.717) is 13.2 Å². The fraction of sp³-hybridized carbons (Fsp3) is 0.462. The van der Waals surface area contributed by atoms with Crippen LogP contribution in [0.3, 0.4) is 0 Å². The van der Waals surface area contributed by atoms with Gasteiger partial charge in [0.25, 0.3) is 0 Å². The highest BCUT2D eigenvalue weighted by Gasteiger charge is 2.09. The predicted molar refractivity (Wildman–Crippen MR) is 66.1 cm³/mol. The summed E-state index contributed by atoms with van der Waals surface area (Å²) in [6, 6.07) is 10.1. The van der Waals surface area contributed by atoms with E-state index in [1.807, 2.05) is 23.1 Å². The lowest BCUT2D eigenvalue weighted by Crippen LogP contribution is -2.34. The van der Waals surface area contributed by atoms with Gasteiger partial charge in [0, 0.05) is 20.2 Å². The van der Waals surface area contributed by atoms with Crippen molar-refractivity contribution in [1.29, 1.82) is 0 Å². The Balaban J connectivity index is 2.40. The summed E-state index contributed by atoms with van der Waals surface area (Å²) < 4.78 is 4.97. The zero-order valence-electron chi connectivity index (χ0n) is 10.1. The molecule has 0 radical (unpaired) electrons. The molecule has 0 saturated carbocycles. The second kappa shape index (κ2) is 7.81. The molecule has 1 rings (SSSR count). The van der Waals surface area contributed by atoms with E-state index in [4.69, 9.17) is 9.84 Å². The molecule has 0 fully saturated rings. The molecule has 4 heteroatoms. The van der Waals surface area contributed by atoms with E-state index in [1.165, 1.54) is 5.56 Å². The molecule has 0 heterocycles. The van der Waals surface area contributed by atoms with Gasteiger partial charge in [0.1, 0.15) is 0 Å². The van der Waals surface area contributed by atoms with Crippen LogP contribution in [-0.2, 0) is 16.0 Å². The van der Waals surface area contributed by atoms with Gasteiger partial charge in [0.05, 0.1) is 13.2 Å². The van der Waals surface area contributed by atoms with Crippen molar-refractivity contribution in [3.63, 3.8) is 0 Å². The largest absolute Gasteiger partial charge is 0.480 e. The summed E-state index contributed by atoms with van der Waals surface area (Å²) in [6.07, 6.45) is 0.859. The van der Waals surface area contributed by atoms with Crippen LogP contribution in [0.15, 0.2) is 30.3 Å². The lowest BCUT2D eigenvalue weighted by atomic mass is 10.1. The number of carboxylic acid groups (broad SMARTS) is 1. The van der Waals surface area contributed by atoms with Gasteiger partial charge < -0.3 is 9.84 Å². The normalized spacial score (nSPS) is 10.7. The van der Waals surface area contributed by atoms with E-state index in [2.05, 4.69) is 12.1 Å². The zero-order valence-corrected chi connectivity index (χ0v) is 10.1. The molecule has 0 bridgehead atoms. The van der Waals surface area contributed by atoms with Crippen molar-refractivity contribution in [3.05, 3.63) is 35.9 Å². The van der Waals surface area contributed by atoms with Crippen LogP contribution >= 0.6 is 0 Å². The van der Waals surface area contributed by atoms with Gasteiger partial charge in [-0.1, -0.05) is 30.3 Å². The Hall–Kier alpha value is -1.39. The monoisotopic (exact) mass is 237 g/mol. The summed E-state index contributed by atoms with van der Waals surface area (Å²) in [5.74, 6) is -0.797. The highest BCUT2D eigenvalue weighted by atomic mass is 16.5. The number of carboxylic acids is 1. The summed E-state index contributed by atoms with van der Waals surface area (Å²) in [5, 5.41) is 8.80. The average Bonchev–Trinajstić information content (AvgIpc) is 2.33. The first kappa shape index (κ1) is 13.7. The van der Waals surface area contributed by atoms with E-state index >= 15 is 0 Å². The second-order valence-corrected chi connectivity index (χ2v) is 3.90.